The average molecular weight is 330 g/mol. The lowest BCUT2D eigenvalue weighted by Gasteiger charge is -2.15. The smallest absolute Gasteiger partial charge is 0.325 e. The third-order valence-corrected chi connectivity index (χ3v) is 2.76. The van der Waals surface area contributed by atoms with Crippen molar-refractivity contribution in [2.45, 2.75) is 32.9 Å². The molecule has 0 aliphatic carbocycles. The standard InChI is InChI=1S/C13H16BrNO4/c1-7(2)19-11-6-9(14)4-5-10(11)12(16)15-8(3)13(17)18/h4-8H,1-3H3,(H,15,16)(H,17,18). The first-order chi connectivity index (χ1) is 8.81. The van der Waals surface area contributed by atoms with E-state index in [9.17, 15) is 9.59 Å². The van der Waals surface area contributed by atoms with Gasteiger partial charge < -0.3 is 15.2 Å². The molecular formula is C13H16BrNO4. The number of aliphatic carboxylic acids is 1. The second kappa shape index (κ2) is 6.56. The van der Waals surface area contributed by atoms with E-state index in [-0.39, 0.29) is 6.10 Å². The summed E-state index contributed by atoms with van der Waals surface area (Å²) in [5, 5.41) is 11.2. The number of carbonyl (C=O) groups excluding carboxylic acids is 1. The first-order valence-corrected chi connectivity index (χ1v) is 6.60. The fraction of sp³-hybridized carbons (Fsp3) is 0.385. The molecule has 0 saturated heterocycles. The number of carboxylic acids is 1. The zero-order valence-corrected chi connectivity index (χ0v) is 12.5. The van der Waals surface area contributed by atoms with E-state index >= 15 is 0 Å². The van der Waals surface area contributed by atoms with Crippen LogP contribution in [0.1, 0.15) is 31.1 Å². The van der Waals surface area contributed by atoms with Crippen molar-refractivity contribution in [3.05, 3.63) is 28.2 Å². The summed E-state index contributed by atoms with van der Waals surface area (Å²) in [4.78, 5) is 22.7. The molecule has 1 aromatic carbocycles. The highest BCUT2D eigenvalue weighted by atomic mass is 79.9. The number of ether oxygens (including phenoxy) is 1. The molecule has 104 valence electrons. The van der Waals surface area contributed by atoms with E-state index in [1.54, 1.807) is 18.2 Å². The Morgan fingerprint density at radius 1 is 1.32 bits per heavy atom. The van der Waals surface area contributed by atoms with Crippen LogP contribution < -0.4 is 10.1 Å². The van der Waals surface area contributed by atoms with Crippen LogP contribution in [0.4, 0.5) is 0 Å². The van der Waals surface area contributed by atoms with Gasteiger partial charge in [-0.1, -0.05) is 15.9 Å². The predicted molar refractivity (Wildman–Crippen MR) is 74.5 cm³/mol. The summed E-state index contributed by atoms with van der Waals surface area (Å²) in [7, 11) is 0. The molecule has 0 aliphatic rings. The molecule has 0 spiro atoms. The number of halogens is 1. The zero-order chi connectivity index (χ0) is 14.6. The van der Waals surface area contributed by atoms with E-state index in [1.165, 1.54) is 6.92 Å². The van der Waals surface area contributed by atoms with Crippen molar-refractivity contribution in [2.75, 3.05) is 0 Å². The van der Waals surface area contributed by atoms with Crippen LogP contribution in [0.3, 0.4) is 0 Å². The Hall–Kier alpha value is -1.56. The Balaban J connectivity index is 2.98. The first kappa shape index (κ1) is 15.5. The van der Waals surface area contributed by atoms with Gasteiger partial charge in [0.15, 0.2) is 0 Å². The minimum atomic E-state index is -1.09. The van der Waals surface area contributed by atoms with Gasteiger partial charge in [-0.05, 0) is 39.0 Å². The number of amides is 1. The van der Waals surface area contributed by atoms with E-state index in [4.69, 9.17) is 9.84 Å². The third kappa shape index (κ3) is 4.55. The van der Waals surface area contributed by atoms with E-state index in [0.29, 0.717) is 11.3 Å². The largest absolute Gasteiger partial charge is 0.490 e. The van der Waals surface area contributed by atoms with E-state index in [1.807, 2.05) is 13.8 Å². The molecule has 1 rings (SSSR count). The number of hydrogen-bond donors (Lipinski definition) is 2. The molecule has 19 heavy (non-hydrogen) atoms. The van der Waals surface area contributed by atoms with Crippen molar-refractivity contribution in [1.29, 1.82) is 0 Å². The Morgan fingerprint density at radius 2 is 1.95 bits per heavy atom. The second-order valence-corrected chi connectivity index (χ2v) is 5.26. The molecule has 0 radical (unpaired) electrons. The maximum absolute atomic E-state index is 12.0. The van der Waals surface area contributed by atoms with Gasteiger partial charge in [0, 0.05) is 4.47 Å². The van der Waals surface area contributed by atoms with Gasteiger partial charge in [-0.15, -0.1) is 0 Å². The molecule has 0 aliphatic heterocycles. The van der Waals surface area contributed by atoms with Gasteiger partial charge in [-0.3, -0.25) is 9.59 Å². The molecule has 2 N–H and O–H groups in total. The van der Waals surface area contributed by atoms with Crippen molar-refractivity contribution in [3.63, 3.8) is 0 Å². The van der Waals surface area contributed by atoms with Crippen LogP contribution in [0.2, 0.25) is 0 Å². The molecule has 1 amide bonds. The van der Waals surface area contributed by atoms with E-state index in [2.05, 4.69) is 21.2 Å². The topological polar surface area (TPSA) is 75.6 Å². The van der Waals surface area contributed by atoms with E-state index in [0.717, 1.165) is 4.47 Å². The van der Waals surface area contributed by atoms with Crippen LogP contribution in [-0.2, 0) is 4.79 Å². The Labute approximate surface area is 120 Å². The lowest BCUT2D eigenvalue weighted by Crippen LogP contribution is -2.38. The molecule has 0 heterocycles. The van der Waals surface area contributed by atoms with Crippen LogP contribution in [0.5, 0.6) is 5.75 Å². The van der Waals surface area contributed by atoms with Crippen molar-refractivity contribution < 1.29 is 19.4 Å². The lowest BCUT2D eigenvalue weighted by atomic mass is 10.1. The number of carboxylic acid groups (broad SMARTS) is 1. The number of nitrogens with one attached hydrogen (secondary N) is 1. The Morgan fingerprint density at radius 3 is 2.47 bits per heavy atom. The van der Waals surface area contributed by atoms with Crippen LogP contribution in [-0.4, -0.2) is 29.1 Å². The molecule has 1 atom stereocenters. The number of carbonyl (C=O) groups is 2. The quantitative estimate of drug-likeness (QED) is 0.869. The first-order valence-electron chi connectivity index (χ1n) is 5.81. The Kier molecular flexibility index (Phi) is 5.35. The van der Waals surface area contributed by atoms with Gasteiger partial charge in [-0.25, -0.2) is 0 Å². The summed E-state index contributed by atoms with van der Waals surface area (Å²) in [5.41, 5.74) is 0.310. The summed E-state index contributed by atoms with van der Waals surface area (Å²) in [6.07, 6.45) is -0.0854. The van der Waals surface area contributed by atoms with Crippen molar-refractivity contribution in [3.8, 4) is 5.75 Å². The molecular weight excluding hydrogens is 314 g/mol. The maximum atomic E-state index is 12.0. The normalized spacial score (nSPS) is 12.1. The Bertz CT molecular complexity index is 488. The monoisotopic (exact) mass is 329 g/mol. The summed E-state index contributed by atoms with van der Waals surface area (Å²) < 4.78 is 6.33. The minimum absolute atomic E-state index is 0.0854. The summed E-state index contributed by atoms with van der Waals surface area (Å²) in [5.74, 6) is -1.14. The molecule has 0 fully saturated rings. The molecule has 1 aromatic rings. The summed E-state index contributed by atoms with van der Waals surface area (Å²) in [6.45, 7) is 5.10. The molecule has 0 bridgehead atoms. The fourth-order valence-corrected chi connectivity index (χ4v) is 1.71. The predicted octanol–water partition coefficient (Wildman–Crippen LogP) is 2.44. The van der Waals surface area contributed by atoms with Crippen LogP contribution in [0.25, 0.3) is 0 Å². The molecule has 5 nitrogen and oxygen atoms in total. The van der Waals surface area contributed by atoms with Gasteiger partial charge in [0.25, 0.3) is 5.91 Å². The van der Waals surface area contributed by atoms with Crippen molar-refractivity contribution in [2.24, 2.45) is 0 Å². The SMILES string of the molecule is CC(C)Oc1cc(Br)ccc1C(=O)NC(C)C(=O)O. The lowest BCUT2D eigenvalue weighted by molar-refractivity contribution is -0.138. The van der Waals surface area contributed by atoms with Gasteiger partial charge in [-0.2, -0.15) is 0 Å². The molecule has 0 aromatic heterocycles. The molecule has 1 unspecified atom stereocenters. The van der Waals surface area contributed by atoms with Gasteiger partial charge in [0.1, 0.15) is 11.8 Å². The third-order valence-electron chi connectivity index (χ3n) is 2.27. The summed E-state index contributed by atoms with van der Waals surface area (Å²) in [6, 6.07) is 4.02. The highest BCUT2D eigenvalue weighted by Crippen LogP contribution is 2.24. The maximum Gasteiger partial charge on any atom is 0.325 e. The van der Waals surface area contributed by atoms with Gasteiger partial charge >= 0.3 is 5.97 Å². The second-order valence-electron chi connectivity index (χ2n) is 4.34. The zero-order valence-electron chi connectivity index (χ0n) is 10.9. The summed E-state index contributed by atoms with van der Waals surface area (Å²) >= 11 is 3.30. The van der Waals surface area contributed by atoms with Crippen molar-refractivity contribution in [1.82, 2.24) is 5.32 Å². The average Bonchev–Trinajstić information content (AvgIpc) is 2.27. The minimum Gasteiger partial charge on any atom is -0.490 e. The number of hydrogen-bond acceptors (Lipinski definition) is 3. The van der Waals surface area contributed by atoms with Gasteiger partial charge in [0.05, 0.1) is 11.7 Å². The van der Waals surface area contributed by atoms with Crippen LogP contribution in [0.15, 0.2) is 22.7 Å². The molecule has 0 saturated carbocycles. The van der Waals surface area contributed by atoms with Crippen LogP contribution in [0, 0.1) is 0 Å². The van der Waals surface area contributed by atoms with Gasteiger partial charge in [0.2, 0.25) is 0 Å². The van der Waals surface area contributed by atoms with Crippen LogP contribution >= 0.6 is 15.9 Å². The van der Waals surface area contributed by atoms with E-state index < -0.39 is 17.9 Å². The molecule has 6 heteroatoms. The number of rotatable bonds is 5. The van der Waals surface area contributed by atoms with Crippen molar-refractivity contribution >= 4 is 27.8 Å². The number of benzene rings is 1. The highest BCUT2D eigenvalue weighted by Gasteiger charge is 2.19. The fourth-order valence-electron chi connectivity index (χ4n) is 1.37. The highest BCUT2D eigenvalue weighted by molar-refractivity contribution is 9.10.